The van der Waals surface area contributed by atoms with E-state index < -0.39 is 8.07 Å². The van der Waals surface area contributed by atoms with Crippen molar-refractivity contribution in [3.63, 3.8) is 0 Å². The fourth-order valence-corrected chi connectivity index (χ4v) is 18.6. The van der Waals surface area contributed by atoms with Crippen molar-refractivity contribution in [3.05, 3.63) is 322 Å². The predicted molar refractivity (Wildman–Crippen MR) is 297 cm³/mol. The Balaban J connectivity index is 0.000000150. The molecule has 0 amide bonds. The van der Waals surface area contributed by atoms with E-state index in [-0.39, 0.29) is 10.8 Å². The van der Waals surface area contributed by atoms with Crippen molar-refractivity contribution >= 4 is 44.8 Å². The minimum atomic E-state index is -2.66. The highest BCUT2D eigenvalue weighted by molar-refractivity contribution is 9.10. The van der Waals surface area contributed by atoms with Gasteiger partial charge in [-0.2, -0.15) is 0 Å². The molecule has 0 nitrogen and oxygen atoms in total. The molecule has 70 heavy (non-hydrogen) atoms. The van der Waals surface area contributed by atoms with Crippen LogP contribution in [0, 0.1) is 0 Å². The topological polar surface area (TPSA) is 0 Å². The fourth-order valence-electron chi connectivity index (χ4n) is 13.5. The standard InChI is InChI=1S/C43H30Si.C25H15Br/c1-4-16-31(17-5-1)44(32-18-6-2-7-19-32,33-20-8-3-9-21-33)34-28-29-42-38(30-34)37-24-12-15-27-41(37)43(42)39-25-13-10-22-35(39)36-23-11-14-26-40(36)43;26-16-13-14-24-20(15-16)19-9-3-6-12-23(19)25(24)21-10-4-1-7-17(21)18-8-2-5-11-22(18)25/h1-30H;1-15H. The monoisotopic (exact) mass is 968 g/mol. The van der Waals surface area contributed by atoms with Gasteiger partial charge in [-0.05, 0) is 122 Å². The zero-order valence-electron chi connectivity index (χ0n) is 38.4. The molecule has 2 heteroatoms. The Morgan fingerprint density at radius 3 is 0.814 bits per heavy atom. The first kappa shape index (κ1) is 41.1. The van der Waals surface area contributed by atoms with E-state index in [4.69, 9.17) is 0 Å². The lowest BCUT2D eigenvalue weighted by Gasteiger charge is -2.35. The maximum Gasteiger partial charge on any atom is 0.179 e. The maximum absolute atomic E-state index is 3.68. The summed E-state index contributed by atoms with van der Waals surface area (Å²) in [5.74, 6) is 0. The predicted octanol–water partition coefficient (Wildman–Crippen LogP) is 14.2. The largest absolute Gasteiger partial charge is 0.179 e. The summed E-state index contributed by atoms with van der Waals surface area (Å²) in [7, 11) is -2.66. The number of halogens is 1. The summed E-state index contributed by atoms with van der Waals surface area (Å²) in [4.78, 5) is 0. The Morgan fingerprint density at radius 1 is 0.214 bits per heavy atom. The van der Waals surface area contributed by atoms with Gasteiger partial charge in [0.05, 0.1) is 10.8 Å². The van der Waals surface area contributed by atoms with Crippen LogP contribution in [0.3, 0.4) is 0 Å². The Kier molecular flexibility index (Phi) is 9.30. The number of rotatable bonds is 4. The molecule has 11 aromatic rings. The van der Waals surface area contributed by atoms with Crippen LogP contribution in [0.5, 0.6) is 0 Å². The first-order chi connectivity index (χ1) is 34.7. The van der Waals surface area contributed by atoms with Gasteiger partial charge >= 0.3 is 0 Å². The third-order valence-electron chi connectivity index (χ3n) is 16.0. The van der Waals surface area contributed by atoms with Crippen molar-refractivity contribution in [2.75, 3.05) is 0 Å². The van der Waals surface area contributed by atoms with Crippen molar-refractivity contribution in [2.24, 2.45) is 0 Å². The van der Waals surface area contributed by atoms with Crippen LogP contribution in [-0.2, 0) is 10.8 Å². The van der Waals surface area contributed by atoms with E-state index in [9.17, 15) is 0 Å². The number of hydrogen-bond acceptors (Lipinski definition) is 0. The minimum absolute atomic E-state index is 0.209. The summed E-state index contributed by atoms with van der Waals surface area (Å²) in [5, 5.41) is 5.60. The van der Waals surface area contributed by atoms with E-state index >= 15 is 0 Å². The van der Waals surface area contributed by atoms with Gasteiger partial charge in [-0.25, -0.2) is 0 Å². The third-order valence-corrected chi connectivity index (χ3v) is 21.3. The molecule has 0 radical (unpaired) electrons. The molecule has 0 fully saturated rings. The van der Waals surface area contributed by atoms with Gasteiger partial charge in [0, 0.05) is 4.47 Å². The highest BCUT2D eigenvalue weighted by Gasteiger charge is 2.53. The second-order valence-corrected chi connectivity index (χ2v) is 23.8. The Bertz CT molecular complexity index is 3670. The third kappa shape index (κ3) is 5.46. The SMILES string of the molecule is Brc1ccc2c(c1)-c1ccccc1C21c2ccccc2-c2ccccc21.c1ccc([Si](c2ccccc2)(c2ccccc2)c2ccc3c(c2)-c2ccccc2C32c3ccccc3-c3ccccc32)cc1. The maximum atomic E-state index is 3.68. The molecule has 0 unspecified atom stereocenters. The smallest absolute Gasteiger partial charge is 0.0623 e. The molecule has 0 bridgehead atoms. The average molecular weight is 970 g/mol. The van der Waals surface area contributed by atoms with Gasteiger partial charge in [-0.3, -0.25) is 0 Å². The van der Waals surface area contributed by atoms with Crippen molar-refractivity contribution < 1.29 is 0 Å². The molecular formula is C68H45BrSi. The summed E-state index contributed by atoms with van der Waals surface area (Å²) >= 11 is 3.68. The number of fused-ring (bicyclic) bond motifs is 20. The Hall–Kier alpha value is -7.88. The molecule has 0 saturated carbocycles. The summed E-state index contributed by atoms with van der Waals surface area (Å²) in [6, 6.07) is 102. The zero-order chi connectivity index (χ0) is 46.4. The van der Waals surface area contributed by atoms with Gasteiger partial charge in [-0.1, -0.05) is 277 Å². The molecule has 0 atom stereocenters. The summed E-state index contributed by atoms with van der Waals surface area (Å²) in [6.07, 6.45) is 0. The van der Waals surface area contributed by atoms with E-state index in [0.717, 1.165) is 4.47 Å². The van der Waals surface area contributed by atoms with Crippen LogP contribution in [0.25, 0.3) is 44.5 Å². The van der Waals surface area contributed by atoms with E-state index in [0.29, 0.717) is 0 Å². The van der Waals surface area contributed by atoms with Crippen molar-refractivity contribution in [2.45, 2.75) is 10.8 Å². The molecule has 0 aliphatic heterocycles. The van der Waals surface area contributed by atoms with Crippen molar-refractivity contribution in [3.8, 4) is 44.5 Å². The lowest BCUT2D eigenvalue weighted by Crippen LogP contribution is -2.74. The second kappa shape index (κ2) is 15.8. The van der Waals surface area contributed by atoms with Gasteiger partial charge in [0.1, 0.15) is 0 Å². The van der Waals surface area contributed by atoms with Crippen LogP contribution in [0.2, 0.25) is 0 Å². The lowest BCUT2D eigenvalue weighted by atomic mass is 9.70. The molecule has 0 N–H and O–H groups in total. The van der Waals surface area contributed by atoms with Gasteiger partial charge in [0.25, 0.3) is 0 Å². The molecule has 4 aliphatic rings. The van der Waals surface area contributed by atoms with E-state index in [2.05, 4.69) is 289 Å². The Labute approximate surface area is 419 Å². The second-order valence-electron chi connectivity index (χ2n) is 19.1. The molecule has 328 valence electrons. The van der Waals surface area contributed by atoms with Crippen LogP contribution < -0.4 is 20.7 Å². The van der Waals surface area contributed by atoms with Crippen molar-refractivity contribution in [1.29, 1.82) is 0 Å². The van der Waals surface area contributed by atoms with Gasteiger partial charge in [0.2, 0.25) is 0 Å². The van der Waals surface area contributed by atoms with Crippen LogP contribution in [0.1, 0.15) is 44.5 Å². The molecule has 11 aromatic carbocycles. The average Bonchev–Trinajstić information content (AvgIpc) is 4.11. The fraction of sp³-hybridized carbons (Fsp3) is 0.0294. The van der Waals surface area contributed by atoms with Gasteiger partial charge in [-0.15, -0.1) is 0 Å². The van der Waals surface area contributed by atoms with Crippen LogP contribution in [-0.4, -0.2) is 8.07 Å². The first-order valence-corrected chi connectivity index (χ1v) is 27.2. The molecular weight excluding hydrogens is 925 g/mol. The Morgan fingerprint density at radius 2 is 0.471 bits per heavy atom. The molecule has 0 heterocycles. The van der Waals surface area contributed by atoms with Crippen molar-refractivity contribution in [1.82, 2.24) is 0 Å². The van der Waals surface area contributed by atoms with Crippen LogP contribution in [0.15, 0.2) is 277 Å². The molecule has 15 rings (SSSR count). The highest BCUT2D eigenvalue weighted by Crippen LogP contribution is 2.64. The van der Waals surface area contributed by atoms with E-state index in [1.165, 1.54) is 110 Å². The number of benzene rings is 11. The number of hydrogen-bond donors (Lipinski definition) is 0. The molecule has 2 spiro atoms. The van der Waals surface area contributed by atoms with Crippen LogP contribution >= 0.6 is 15.9 Å². The zero-order valence-corrected chi connectivity index (χ0v) is 40.9. The first-order valence-electron chi connectivity index (χ1n) is 24.4. The quantitative estimate of drug-likeness (QED) is 0.122. The summed E-state index contributed by atoms with van der Waals surface area (Å²) in [5.41, 5.74) is 21.4. The highest BCUT2D eigenvalue weighted by atomic mass is 79.9. The van der Waals surface area contributed by atoms with Gasteiger partial charge in [0.15, 0.2) is 8.07 Å². The van der Waals surface area contributed by atoms with E-state index in [1.807, 2.05) is 0 Å². The summed E-state index contributed by atoms with van der Waals surface area (Å²) < 4.78 is 1.13. The summed E-state index contributed by atoms with van der Waals surface area (Å²) in [6.45, 7) is 0. The normalized spacial score (nSPS) is 14.0. The minimum Gasteiger partial charge on any atom is -0.0623 e. The molecule has 0 saturated heterocycles. The van der Waals surface area contributed by atoms with E-state index in [1.54, 1.807) is 0 Å². The molecule has 4 aliphatic carbocycles. The lowest BCUT2D eigenvalue weighted by molar-refractivity contribution is 0.793. The van der Waals surface area contributed by atoms with Crippen LogP contribution in [0.4, 0.5) is 0 Å². The van der Waals surface area contributed by atoms with Gasteiger partial charge < -0.3 is 0 Å². The molecule has 0 aromatic heterocycles.